The van der Waals surface area contributed by atoms with Crippen LogP contribution in [0.3, 0.4) is 0 Å². The highest BCUT2D eigenvalue weighted by Crippen LogP contribution is 2.50. The Hall–Kier alpha value is -2.65. The predicted octanol–water partition coefficient (Wildman–Crippen LogP) is 7.39. The number of carbonyl (C=O) groups is 1. The fourth-order valence-electron chi connectivity index (χ4n) is 7.29. The summed E-state index contributed by atoms with van der Waals surface area (Å²) in [5, 5.41) is 0. The summed E-state index contributed by atoms with van der Waals surface area (Å²) >= 11 is 0. The number of Topliss-reactive ketones (excluding diaryl/α,β-unsaturated/α-hetero) is 1. The maximum atomic E-state index is 13.5. The molecule has 4 atom stereocenters. The van der Waals surface area contributed by atoms with E-state index < -0.39 is 0 Å². The predicted molar refractivity (Wildman–Crippen MR) is 143 cm³/mol. The molecule has 0 spiro atoms. The van der Waals surface area contributed by atoms with Crippen molar-refractivity contribution in [2.45, 2.75) is 69.8 Å². The molecule has 186 valence electrons. The number of rotatable bonds is 6. The molecule has 1 aliphatic heterocycles. The molecular weight excluding hydrogens is 444 g/mol. The Bertz CT molecular complexity index is 1260. The Morgan fingerprint density at radius 3 is 2.78 bits per heavy atom. The topological polar surface area (TPSA) is 35.5 Å². The first-order valence-corrected chi connectivity index (χ1v) is 14.1. The first kappa shape index (κ1) is 22.5. The fourth-order valence-corrected chi connectivity index (χ4v) is 7.29. The van der Waals surface area contributed by atoms with Crippen LogP contribution in [0.5, 0.6) is 5.75 Å². The maximum absolute atomic E-state index is 13.5. The minimum atomic E-state index is 0.154. The quantitative estimate of drug-likeness (QED) is 0.404. The van der Waals surface area contributed by atoms with Gasteiger partial charge in [0.2, 0.25) is 0 Å². The van der Waals surface area contributed by atoms with Crippen LogP contribution >= 0.6 is 0 Å². The van der Waals surface area contributed by atoms with Gasteiger partial charge in [-0.25, -0.2) is 0 Å². The molecule has 2 aromatic rings. The molecule has 1 saturated heterocycles. The highest BCUT2D eigenvalue weighted by atomic mass is 16.5. The van der Waals surface area contributed by atoms with Crippen LogP contribution in [0.15, 0.2) is 47.5 Å². The van der Waals surface area contributed by atoms with E-state index in [0.29, 0.717) is 23.7 Å². The molecule has 0 radical (unpaired) electrons. The lowest BCUT2D eigenvalue weighted by Crippen LogP contribution is -2.37. The highest BCUT2D eigenvalue weighted by molar-refractivity contribution is 5.99. The van der Waals surface area contributed by atoms with E-state index in [-0.39, 0.29) is 5.92 Å². The van der Waals surface area contributed by atoms with Crippen molar-refractivity contribution in [3.8, 4) is 5.75 Å². The number of benzene rings is 2. The van der Waals surface area contributed by atoms with E-state index in [9.17, 15) is 4.79 Å². The number of hydrogen-bond acceptors (Lipinski definition) is 3. The standard InChI is InChI=1S/C33H36O3/c1-35-28-10-8-22-18-29(31(30(22)19-28)13-20-4-5-20)27-14-21-6-7-24(16-26(21)17-27)33(34)25-9-11-32-23(15-25)3-2-12-36-32/h6-8,10,16-20,23,25,31-32H,2-5,9,11-15H2,1H3/t23-,25?,31?,32+/m0/s1. The average Bonchev–Trinajstić information content (AvgIpc) is 3.53. The van der Waals surface area contributed by atoms with Crippen LogP contribution in [0.25, 0.3) is 12.2 Å². The van der Waals surface area contributed by atoms with Gasteiger partial charge < -0.3 is 9.47 Å². The van der Waals surface area contributed by atoms with Crippen LogP contribution in [0.1, 0.15) is 89.9 Å². The van der Waals surface area contributed by atoms with Crippen molar-refractivity contribution < 1.29 is 14.3 Å². The van der Waals surface area contributed by atoms with Gasteiger partial charge in [-0.1, -0.05) is 43.2 Å². The smallest absolute Gasteiger partial charge is 0.165 e. The second-order valence-electron chi connectivity index (χ2n) is 11.8. The number of ketones is 1. The number of carbonyl (C=O) groups excluding carboxylic acids is 1. The molecule has 4 aliphatic carbocycles. The molecule has 3 heteroatoms. The van der Waals surface area contributed by atoms with E-state index in [1.807, 2.05) is 0 Å². The molecule has 36 heavy (non-hydrogen) atoms. The lowest BCUT2D eigenvalue weighted by molar-refractivity contribution is -0.0547. The number of ether oxygens (including phenoxy) is 2. The molecular formula is C33H36O3. The van der Waals surface area contributed by atoms with Gasteiger partial charge in [-0.15, -0.1) is 0 Å². The minimum absolute atomic E-state index is 0.154. The minimum Gasteiger partial charge on any atom is -0.497 e. The molecule has 3 fully saturated rings. The zero-order chi connectivity index (χ0) is 24.2. The normalized spacial score (nSPS) is 28.6. The summed E-state index contributed by atoms with van der Waals surface area (Å²) in [6, 6.07) is 13.0. The van der Waals surface area contributed by atoms with Gasteiger partial charge in [0, 0.05) is 24.0 Å². The van der Waals surface area contributed by atoms with Crippen molar-refractivity contribution in [1.29, 1.82) is 0 Å². The number of hydrogen-bond donors (Lipinski definition) is 0. The lowest BCUT2D eigenvalue weighted by atomic mass is 9.74. The van der Waals surface area contributed by atoms with Crippen LogP contribution < -0.4 is 4.74 Å². The zero-order valence-corrected chi connectivity index (χ0v) is 21.3. The second-order valence-corrected chi connectivity index (χ2v) is 11.8. The molecule has 3 nitrogen and oxygen atoms in total. The largest absolute Gasteiger partial charge is 0.497 e. The van der Waals surface area contributed by atoms with Gasteiger partial charge in [0.05, 0.1) is 13.2 Å². The molecule has 7 rings (SSSR count). The van der Waals surface area contributed by atoms with Gasteiger partial charge in [-0.2, -0.15) is 0 Å². The summed E-state index contributed by atoms with van der Waals surface area (Å²) in [6.07, 6.45) is 15.5. The highest BCUT2D eigenvalue weighted by Gasteiger charge is 2.37. The molecule has 5 aliphatic rings. The molecule has 1 heterocycles. The van der Waals surface area contributed by atoms with Gasteiger partial charge in [-0.05, 0) is 108 Å². The summed E-state index contributed by atoms with van der Waals surface area (Å²) in [4.78, 5) is 13.5. The van der Waals surface area contributed by atoms with Crippen molar-refractivity contribution in [3.63, 3.8) is 0 Å². The molecule has 2 unspecified atom stereocenters. The Balaban J connectivity index is 1.13. The van der Waals surface area contributed by atoms with E-state index >= 15 is 0 Å². The Morgan fingerprint density at radius 1 is 1.00 bits per heavy atom. The maximum Gasteiger partial charge on any atom is 0.165 e. The number of methoxy groups -OCH3 is 1. The van der Waals surface area contributed by atoms with Gasteiger partial charge in [0.25, 0.3) is 0 Å². The molecule has 0 aromatic heterocycles. The Kier molecular flexibility index (Phi) is 5.65. The van der Waals surface area contributed by atoms with Crippen LogP contribution in [0, 0.1) is 17.8 Å². The molecule has 0 amide bonds. The van der Waals surface area contributed by atoms with Gasteiger partial charge in [0.15, 0.2) is 5.78 Å². The zero-order valence-electron chi connectivity index (χ0n) is 21.3. The van der Waals surface area contributed by atoms with E-state index in [1.165, 1.54) is 59.1 Å². The van der Waals surface area contributed by atoms with Gasteiger partial charge >= 0.3 is 0 Å². The van der Waals surface area contributed by atoms with E-state index in [0.717, 1.165) is 55.9 Å². The lowest BCUT2D eigenvalue weighted by Gasteiger charge is -2.38. The van der Waals surface area contributed by atoms with Crippen LogP contribution in [-0.4, -0.2) is 25.6 Å². The first-order valence-electron chi connectivity index (χ1n) is 14.1. The van der Waals surface area contributed by atoms with Gasteiger partial charge in [-0.3, -0.25) is 4.79 Å². The van der Waals surface area contributed by atoms with Crippen molar-refractivity contribution in [2.75, 3.05) is 13.7 Å². The molecule has 0 N–H and O–H groups in total. The SMILES string of the molecule is COc1ccc2c(c1)C(CC1CC1)C(C1=Cc3cc(C(=O)C4CC[C@H]5OCCC[C@H]5C4)ccc3C1)=C2. The first-order chi connectivity index (χ1) is 17.7. The van der Waals surface area contributed by atoms with Crippen LogP contribution in [0.4, 0.5) is 0 Å². The van der Waals surface area contributed by atoms with Crippen LogP contribution in [-0.2, 0) is 11.2 Å². The Morgan fingerprint density at radius 2 is 1.92 bits per heavy atom. The third-order valence-corrected chi connectivity index (χ3v) is 9.47. The van der Waals surface area contributed by atoms with Gasteiger partial charge in [0.1, 0.15) is 5.75 Å². The van der Waals surface area contributed by atoms with E-state index in [2.05, 4.69) is 48.6 Å². The van der Waals surface area contributed by atoms with Crippen molar-refractivity contribution in [2.24, 2.45) is 17.8 Å². The molecule has 0 bridgehead atoms. The molecule has 2 aromatic carbocycles. The van der Waals surface area contributed by atoms with Crippen molar-refractivity contribution >= 4 is 17.9 Å². The summed E-state index contributed by atoms with van der Waals surface area (Å²) in [5.74, 6) is 3.33. The van der Waals surface area contributed by atoms with Crippen molar-refractivity contribution in [3.05, 3.63) is 75.4 Å². The summed E-state index contributed by atoms with van der Waals surface area (Å²) in [6.45, 7) is 0.899. The summed E-state index contributed by atoms with van der Waals surface area (Å²) < 4.78 is 11.5. The molecule has 2 saturated carbocycles. The van der Waals surface area contributed by atoms with Crippen LogP contribution in [0.2, 0.25) is 0 Å². The fraction of sp³-hybridized carbons (Fsp3) is 0.485. The number of allylic oxidation sites excluding steroid dienone is 2. The Labute approximate surface area is 214 Å². The third kappa shape index (κ3) is 4.06. The second kappa shape index (κ2) is 9.03. The summed E-state index contributed by atoms with van der Waals surface area (Å²) in [7, 11) is 1.75. The van der Waals surface area contributed by atoms with Crippen molar-refractivity contribution in [1.82, 2.24) is 0 Å². The average molecular weight is 481 g/mol. The van der Waals surface area contributed by atoms with E-state index in [1.54, 1.807) is 7.11 Å². The monoisotopic (exact) mass is 480 g/mol. The van der Waals surface area contributed by atoms with E-state index in [4.69, 9.17) is 9.47 Å². The number of fused-ring (bicyclic) bond motifs is 3. The summed E-state index contributed by atoms with van der Waals surface area (Å²) in [5.41, 5.74) is 9.16. The third-order valence-electron chi connectivity index (χ3n) is 9.47.